The Bertz CT molecular complexity index is 1100. The van der Waals surface area contributed by atoms with Crippen molar-refractivity contribution in [2.45, 2.75) is 25.3 Å². The number of carbonyl (C=O) groups excluding carboxylic acids is 1. The fraction of sp³-hybridized carbons (Fsp3) is 0.207. The fourth-order valence-electron chi connectivity index (χ4n) is 3.82. The second kappa shape index (κ2) is 12.4. The van der Waals surface area contributed by atoms with Gasteiger partial charge in [-0.2, -0.15) is 0 Å². The minimum Gasteiger partial charge on any atom is -0.410 e. The van der Waals surface area contributed by atoms with Gasteiger partial charge in [0, 0.05) is 39.3 Å². The van der Waals surface area contributed by atoms with Crippen LogP contribution in [0.25, 0.3) is 0 Å². The number of carbonyl (C=O) groups is 1. The Morgan fingerprint density at radius 2 is 1.03 bits per heavy atom. The summed E-state index contributed by atoms with van der Waals surface area (Å²) in [5.74, 6) is 1.38. The van der Waals surface area contributed by atoms with E-state index in [2.05, 4.69) is 9.97 Å². The highest BCUT2D eigenvalue weighted by Crippen LogP contribution is 2.20. The zero-order chi connectivity index (χ0) is 25.2. The lowest BCUT2D eigenvalue weighted by Crippen LogP contribution is -2.42. The minimum atomic E-state index is -0.762. The van der Waals surface area contributed by atoms with Crippen molar-refractivity contribution >= 4 is 17.8 Å². The molecule has 4 aromatic rings. The molecule has 0 aliphatic carbocycles. The summed E-state index contributed by atoms with van der Waals surface area (Å²) in [7, 11) is 3.70. The number of nitrogens with zero attached hydrogens (tertiary/aromatic N) is 4. The summed E-state index contributed by atoms with van der Waals surface area (Å²) in [6, 6.07) is 31.0. The maximum atomic E-state index is 13.2. The molecule has 2 heterocycles. The largest absolute Gasteiger partial charge is 0.512 e. The predicted octanol–water partition coefficient (Wildman–Crippen LogP) is 5.34. The molecule has 184 valence electrons. The molecule has 0 saturated heterocycles. The van der Waals surface area contributed by atoms with E-state index < -0.39 is 18.6 Å². The molecule has 4 rings (SSSR count). The van der Waals surface area contributed by atoms with Crippen molar-refractivity contribution in [3.05, 3.63) is 121 Å². The van der Waals surface area contributed by atoms with Crippen LogP contribution in [0.2, 0.25) is 0 Å². The van der Waals surface area contributed by atoms with E-state index in [0.29, 0.717) is 24.5 Å². The molecule has 7 heteroatoms. The Balaban J connectivity index is 1.53. The van der Waals surface area contributed by atoms with Gasteiger partial charge >= 0.3 is 6.16 Å². The van der Waals surface area contributed by atoms with Crippen LogP contribution < -0.4 is 9.80 Å². The zero-order valence-electron chi connectivity index (χ0n) is 20.5. The highest BCUT2D eigenvalue weighted by molar-refractivity contribution is 5.61. The number of hydrogen-bond donors (Lipinski definition) is 0. The van der Waals surface area contributed by atoms with Crippen molar-refractivity contribution in [1.82, 2.24) is 9.97 Å². The quantitative estimate of drug-likeness (QED) is 0.223. The van der Waals surface area contributed by atoms with Gasteiger partial charge in [0.1, 0.15) is 11.6 Å². The molecule has 2 aromatic heterocycles. The summed E-state index contributed by atoms with van der Waals surface area (Å²) in [5, 5.41) is 0. The highest BCUT2D eigenvalue weighted by Gasteiger charge is 2.27. The van der Waals surface area contributed by atoms with E-state index >= 15 is 0 Å². The standard InChI is InChI=1S/C29H30N4O3/c1-32(25-17-9-11-19-30-25)27(21-23-13-5-3-6-14-23)35-29(34)36-28(22-24-15-7-4-8-16-24)33(2)26-18-10-12-20-31-26/h3-20,27-28H,21-22H2,1-2H3. The van der Waals surface area contributed by atoms with Gasteiger partial charge in [-0.3, -0.25) is 0 Å². The van der Waals surface area contributed by atoms with Crippen LogP contribution in [0, 0.1) is 0 Å². The van der Waals surface area contributed by atoms with Gasteiger partial charge in [-0.25, -0.2) is 14.8 Å². The molecule has 2 atom stereocenters. The van der Waals surface area contributed by atoms with Crippen molar-refractivity contribution < 1.29 is 14.3 Å². The van der Waals surface area contributed by atoms with E-state index in [1.54, 1.807) is 12.4 Å². The molecule has 0 spiro atoms. The molecule has 0 saturated carbocycles. The highest BCUT2D eigenvalue weighted by atomic mass is 16.7. The van der Waals surface area contributed by atoms with E-state index in [9.17, 15) is 4.79 Å². The van der Waals surface area contributed by atoms with Crippen LogP contribution in [-0.4, -0.2) is 42.7 Å². The minimum absolute atomic E-state index is 0.475. The second-order valence-electron chi connectivity index (χ2n) is 8.37. The van der Waals surface area contributed by atoms with Gasteiger partial charge in [0.15, 0.2) is 12.5 Å². The molecule has 7 nitrogen and oxygen atoms in total. The summed E-state index contributed by atoms with van der Waals surface area (Å²) in [6.07, 6.45) is 2.37. The second-order valence-corrected chi connectivity index (χ2v) is 8.37. The van der Waals surface area contributed by atoms with Crippen molar-refractivity contribution in [2.75, 3.05) is 23.9 Å². The summed E-state index contributed by atoms with van der Waals surface area (Å²) in [4.78, 5) is 25.7. The van der Waals surface area contributed by atoms with Crippen LogP contribution in [0.1, 0.15) is 11.1 Å². The number of hydrogen-bond acceptors (Lipinski definition) is 7. The van der Waals surface area contributed by atoms with E-state index in [1.807, 2.05) is 121 Å². The SMILES string of the molecule is CN(c1ccccn1)C(Cc1ccccc1)OC(=O)OC(Cc1ccccc1)N(C)c1ccccn1. The van der Waals surface area contributed by atoms with Crippen molar-refractivity contribution in [1.29, 1.82) is 0 Å². The number of anilines is 2. The van der Waals surface area contributed by atoms with E-state index in [0.717, 1.165) is 11.1 Å². The summed E-state index contributed by atoms with van der Waals surface area (Å²) >= 11 is 0. The van der Waals surface area contributed by atoms with Gasteiger partial charge in [0.2, 0.25) is 0 Å². The number of likely N-dealkylation sites (N-methyl/N-ethyl adjacent to an activating group) is 2. The van der Waals surface area contributed by atoms with E-state index in [4.69, 9.17) is 9.47 Å². The Morgan fingerprint density at radius 3 is 1.39 bits per heavy atom. The van der Waals surface area contributed by atoms with Gasteiger partial charge in [-0.1, -0.05) is 72.8 Å². The Hall–Kier alpha value is -4.39. The summed E-state index contributed by atoms with van der Waals surface area (Å²) in [6.45, 7) is 0. The molecule has 36 heavy (non-hydrogen) atoms. The fourth-order valence-corrected chi connectivity index (χ4v) is 3.82. The average molecular weight is 483 g/mol. The van der Waals surface area contributed by atoms with Gasteiger partial charge in [-0.05, 0) is 35.4 Å². The number of benzene rings is 2. The number of aromatic nitrogens is 2. The maximum Gasteiger partial charge on any atom is 0.512 e. The Labute approximate surface area is 212 Å². The van der Waals surface area contributed by atoms with Crippen LogP contribution in [-0.2, 0) is 22.3 Å². The van der Waals surface area contributed by atoms with Gasteiger partial charge in [-0.15, -0.1) is 0 Å². The smallest absolute Gasteiger partial charge is 0.410 e. The van der Waals surface area contributed by atoms with Crippen LogP contribution in [0.4, 0.5) is 16.4 Å². The van der Waals surface area contributed by atoms with Crippen molar-refractivity contribution in [3.8, 4) is 0 Å². The predicted molar refractivity (Wildman–Crippen MR) is 141 cm³/mol. The molecule has 0 aliphatic heterocycles. The van der Waals surface area contributed by atoms with Crippen molar-refractivity contribution in [2.24, 2.45) is 0 Å². The first-order valence-electron chi connectivity index (χ1n) is 11.8. The third-order valence-electron chi connectivity index (χ3n) is 5.86. The monoisotopic (exact) mass is 482 g/mol. The Morgan fingerprint density at radius 1 is 0.639 bits per heavy atom. The van der Waals surface area contributed by atoms with Gasteiger partial charge in [0.25, 0.3) is 0 Å². The molecule has 0 amide bonds. The van der Waals surface area contributed by atoms with Crippen LogP contribution in [0.15, 0.2) is 109 Å². The number of rotatable bonds is 10. The summed E-state index contributed by atoms with van der Waals surface area (Å²) < 4.78 is 11.8. The van der Waals surface area contributed by atoms with Gasteiger partial charge in [0.05, 0.1) is 0 Å². The van der Waals surface area contributed by atoms with Crippen LogP contribution in [0.3, 0.4) is 0 Å². The maximum absolute atomic E-state index is 13.2. The average Bonchev–Trinajstić information content (AvgIpc) is 2.93. The topological polar surface area (TPSA) is 67.8 Å². The lowest BCUT2D eigenvalue weighted by Gasteiger charge is -2.31. The molecular formula is C29H30N4O3. The zero-order valence-corrected chi connectivity index (χ0v) is 20.5. The third kappa shape index (κ3) is 6.82. The van der Waals surface area contributed by atoms with Crippen LogP contribution >= 0.6 is 0 Å². The van der Waals surface area contributed by atoms with Crippen LogP contribution in [0.5, 0.6) is 0 Å². The molecule has 0 radical (unpaired) electrons. The number of ether oxygens (including phenoxy) is 2. The molecule has 0 bridgehead atoms. The molecule has 0 N–H and O–H groups in total. The first kappa shape index (κ1) is 24.7. The molecule has 0 aliphatic rings. The first-order valence-corrected chi connectivity index (χ1v) is 11.8. The lowest BCUT2D eigenvalue weighted by atomic mass is 10.1. The van der Waals surface area contributed by atoms with Gasteiger partial charge < -0.3 is 19.3 Å². The summed E-state index contributed by atoms with van der Waals surface area (Å²) in [5.41, 5.74) is 2.06. The normalized spacial score (nSPS) is 12.3. The van der Waals surface area contributed by atoms with E-state index in [1.165, 1.54) is 0 Å². The molecular weight excluding hydrogens is 452 g/mol. The van der Waals surface area contributed by atoms with Crippen molar-refractivity contribution in [3.63, 3.8) is 0 Å². The molecule has 2 aromatic carbocycles. The lowest BCUT2D eigenvalue weighted by molar-refractivity contribution is -0.00101. The first-order chi connectivity index (χ1) is 17.6. The Kier molecular flexibility index (Phi) is 8.48. The third-order valence-corrected chi connectivity index (χ3v) is 5.86. The van der Waals surface area contributed by atoms with E-state index in [-0.39, 0.29) is 0 Å². The molecule has 0 fully saturated rings. The molecule has 2 unspecified atom stereocenters. The number of pyridine rings is 2.